The lowest BCUT2D eigenvalue weighted by atomic mass is 9.45. The lowest BCUT2D eigenvalue weighted by molar-refractivity contribution is -0.140. The number of ketones is 2. The summed E-state index contributed by atoms with van der Waals surface area (Å²) in [5, 5.41) is 0. The first kappa shape index (κ1) is 13.7. The van der Waals surface area contributed by atoms with Crippen LogP contribution in [0.1, 0.15) is 65.2 Å². The molecule has 0 unspecified atom stereocenters. The summed E-state index contributed by atoms with van der Waals surface area (Å²) in [7, 11) is 0. The van der Waals surface area contributed by atoms with Gasteiger partial charge in [-0.2, -0.15) is 0 Å². The Balaban J connectivity index is 1.52. The van der Waals surface area contributed by atoms with Gasteiger partial charge in [0.2, 0.25) is 0 Å². The van der Waals surface area contributed by atoms with Gasteiger partial charge in [-0.25, -0.2) is 0 Å². The molecule has 0 aromatic heterocycles. The molecule has 3 nitrogen and oxygen atoms in total. The summed E-state index contributed by atoms with van der Waals surface area (Å²) < 4.78 is 6.07. The predicted molar refractivity (Wildman–Crippen MR) is 81.2 cm³/mol. The van der Waals surface area contributed by atoms with Crippen LogP contribution >= 0.6 is 0 Å². The smallest absolute Gasteiger partial charge is 0.164 e. The third-order valence-corrected chi connectivity index (χ3v) is 8.66. The van der Waals surface area contributed by atoms with E-state index in [1.807, 2.05) is 0 Å². The first-order chi connectivity index (χ1) is 10.4. The van der Waals surface area contributed by atoms with Gasteiger partial charge in [-0.1, -0.05) is 13.8 Å². The second-order valence-corrected chi connectivity index (χ2v) is 9.10. The first-order valence-corrected chi connectivity index (χ1v) is 9.16. The molecule has 4 saturated carbocycles. The molecule has 4 aliphatic carbocycles. The molecule has 3 heteroatoms. The van der Waals surface area contributed by atoms with Crippen molar-refractivity contribution in [1.82, 2.24) is 0 Å². The number of carbonyl (C=O) groups excluding carboxylic acids is 2. The lowest BCUT2D eigenvalue weighted by Crippen LogP contribution is -2.58. The number of fused-ring (bicyclic) bond motifs is 4. The summed E-state index contributed by atoms with van der Waals surface area (Å²) in [5.41, 5.74) is -0.00234. The molecule has 1 heterocycles. The molecule has 5 aliphatic rings. The fraction of sp³-hybridized carbons (Fsp3) is 0.895. The Hall–Kier alpha value is -0.700. The fourth-order valence-electron chi connectivity index (χ4n) is 7.27. The van der Waals surface area contributed by atoms with Crippen molar-refractivity contribution in [1.29, 1.82) is 0 Å². The molecule has 7 atom stereocenters. The Bertz CT molecular complexity index is 583. The van der Waals surface area contributed by atoms with Crippen molar-refractivity contribution in [3.05, 3.63) is 0 Å². The van der Waals surface area contributed by atoms with Crippen LogP contribution in [0.3, 0.4) is 0 Å². The van der Waals surface area contributed by atoms with Crippen molar-refractivity contribution in [3.8, 4) is 0 Å². The van der Waals surface area contributed by atoms with Gasteiger partial charge in [0.25, 0.3) is 0 Å². The van der Waals surface area contributed by atoms with E-state index in [0.29, 0.717) is 35.7 Å². The SMILES string of the molecule is C[C@]12CC[C@@H]3[C@H](CC[C@@]45O[C@@H]4C(=O)CC[C@]35C)[C@H]1CCC2=O. The van der Waals surface area contributed by atoms with Gasteiger partial charge in [0.05, 0.1) is 0 Å². The molecule has 0 N–H and O–H groups in total. The number of hydrogen-bond acceptors (Lipinski definition) is 3. The average molecular weight is 302 g/mol. The number of rotatable bonds is 0. The predicted octanol–water partition coefficient (Wildman–Crippen LogP) is 3.30. The van der Waals surface area contributed by atoms with Gasteiger partial charge in [-0.15, -0.1) is 0 Å². The number of carbonyl (C=O) groups is 2. The van der Waals surface area contributed by atoms with Crippen LogP contribution in [0.25, 0.3) is 0 Å². The molecule has 5 fully saturated rings. The van der Waals surface area contributed by atoms with Crippen LogP contribution in [0.15, 0.2) is 0 Å². The normalized spacial score (nSPS) is 59.4. The summed E-state index contributed by atoms with van der Waals surface area (Å²) in [6.45, 7) is 4.63. The van der Waals surface area contributed by atoms with Crippen molar-refractivity contribution < 1.29 is 14.3 Å². The molecular weight excluding hydrogens is 276 g/mol. The van der Waals surface area contributed by atoms with Crippen LogP contribution in [-0.2, 0) is 14.3 Å². The van der Waals surface area contributed by atoms with E-state index in [1.54, 1.807) is 0 Å². The molecule has 1 saturated heterocycles. The highest BCUT2D eigenvalue weighted by atomic mass is 16.6. The van der Waals surface area contributed by atoms with E-state index in [-0.39, 0.29) is 22.5 Å². The standard InChI is InChI=1S/C19H26O3/c1-17-8-6-13-11(12(17)3-4-15(17)21)5-10-19-16(22-19)14(20)7-9-18(13,19)2/h11-13,16H,3-10H2,1-2H3/t11-,12-,13-,16-,17+,18-,19-/m1/s1. The Kier molecular flexibility index (Phi) is 2.40. The van der Waals surface area contributed by atoms with E-state index in [0.717, 1.165) is 44.9 Å². The molecule has 0 bridgehead atoms. The largest absolute Gasteiger partial charge is 0.357 e. The van der Waals surface area contributed by atoms with Crippen LogP contribution in [0.5, 0.6) is 0 Å². The van der Waals surface area contributed by atoms with E-state index in [1.165, 1.54) is 0 Å². The maximum absolute atomic E-state index is 12.4. The number of epoxide rings is 1. The third-order valence-electron chi connectivity index (χ3n) is 8.66. The van der Waals surface area contributed by atoms with Crippen molar-refractivity contribution in [2.75, 3.05) is 0 Å². The van der Waals surface area contributed by atoms with Gasteiger partial charge < -0.3 is 4.74 Å². The van der Waals surface area contributed by atoms with E-state index >= 15 is 0 Å². The van der Waals surface area contributed by atoms with E-state index in [2.05, 4.69) is 13.8 Å². The summed E-state index contributed by atoms with van der Waals surface area (Å²) in [6.07, 6.45) is 7.93. The van der Waals surface area contributed by atoms with E-state index in [9.17, 15) is 9.59 Å². The molecule has 0 radical (unpaired) electrons. The monoisotopic (exact) mass is 302 g/mol. The van der Waals surface area contributed by atoms with Crippen molar-refractivity contribution in [3.63, 3.8) is 0 Å². The molecule has 1 spiro atoms. The second-order valence-electron chi connectivity index (χ2n) is 9.10. The maximum atomic E-state index is 12.4. The minimum absolute atomic E-state index is 0.0453. The fourth-order valence-corrected chi connectivity index (χ4v) is 7.27. The second kappa shape index (κ2) is 3.85. The topological polar surface area (TPSA) is 46.7 Å². The van der Waals surface area contributed by atoms with Gasteiger partial charge in [-0.3, -0.25) is 9.59 Å². The summed E-state index contributed by atoms with van der Waals surface area (Å²) in [4.78, 5) is 24.5. The zero-order chi connectivity index (χ0) is 15.3. The Morgan fingerprint density at radius 2 is 1.77 bits per heavy atom. The third kappa shape index (κ3) is 1.31. The molecular formula is C19H26O3. The van der Waals surface area contributed by atoms with Crippen LogP contribution in [-0.4, -0.2) is 23.3 Å². The molecule has 22 heavy (non-hydrogen) atoms. The van der Waals surface area contributed by atoms with Crippen molar-refractivity contribution >= 4 is 11.6 Å². The minimum atomic E-state index is -0.125. The van der Waals surface area contributed by atoms with E-state index < -0.39 is 0 Å². The number of hydrogen-bond donors (Lipinski definition) is 0. The molecule has 1 aliphatic heterocycles. The van der Waals surface area contributed by atoms with Crippen LogP contribution in [0.4, 0.5) is 0 Å². The van der Waals surface area contributed by atoms with Crippen LogP contribution in [0.2, 0.25) is 0 Å². The minimum Gasteiger partial charge on any atom is -0.357 e. The van der Waals surface area contributed by atoms with Crippen molar-refractivity contribution in [2.45, 2.75) is 76.9 Å². The molecule has 120 valence electrons. The van der Waals surface area contributed by atoms with Crippen LogP contribution < -0.4 is 0 Å². The molecule has 0 aromatic carbocycles. The number of Topliss-reactive ketones (excluding diaryl/α,β-unsaturated/α-hetero) is 2. The van der Waals surface area contributed by atoms with Gasteiger partial charge in [0, 0.05) is 23.7 Å². The van der Waals surface area contributed by atoms with E-state index in [4.69, 9.17) is 4.74 Å². The molecule has 0 amide bonds. The van der Waals surface area contributed by atoms with Gasteiger partial charge in [0.1, 0.15) is 17.5 Å². The van der Waals surface area contributed by atoms with Crippen molar-refractivity contribution in [2.24, 2.45) is 28.6 Å². The van der Waals surface area contributed by atoms with Gasteiger partial charge in [0.15, 0.2) is 5.78 Å². The highest BCUT2D eigenvalue weighted by molar-refractivity contribution is 5.89. The zero-order valence-corrected chi connectivity index (χ0v) is 13.7. The average Bonchev–Trinajstić information content (AvgIpc) is 3.17. The Labute approximate surface area is 132 Å². The summed E-state index contributed by atoms with van der Waals surface area (Å²) in [5.74, 6) is 2.78. The van der Waals surface area contributed by atoms with Gasteiger partial charge in [-0.05, 0) is 56.3 Å². The maximum Gasteiger partial charge on any atom is 0.164 e. The summed E-state index contributed by atoms with van der Waals surface area (Å²) >= 11 is 0. The highest BCUT2D eigenvalue weighted by Gasteiger charge is 2.76. The zero-order valence-electron chi connectivity index (χ0n) is 13.7. The quantitative estimate of drug-likeness (QED) is 0.645. The lowest BCUT2D eigenvalue weighted by Gasteiger charge is -2.58. The molecule has 0 aromatic rings. The van der Waals surface area contributed by atoms with Gasteiger partial charge >= 0.3 is 0 Å². The highest BCUT2D eigenvalue weighted by Crippen LogP contribution is 2.71. The Morgan fingerprint density at radius 3 is 2.59 bits per heavy atom. The Morgan fingerprint density at radius 1 is 0.955 bits per heavy atom. The molecule has 5 rings (SSSR count). The number of ether oxygens (including phenoxy) is 1. The van der Waals surface area contributed by atoms with Crippen LogP contribution in [0, 0.1) is 28.6 Å². The summed E-state index contributed by atoms with van der Waals surface area (Å²) in [6, 6.07) is 0. The first-order valence-electron chi connectivity index (χ1n) is 9.16.